The number of halogens is 2. The lowest BCUT2D eigenvalue weighted by Crippen LogP contribution is -2.42. The summed E-state index contributed by atoms with van der Waals surface area (Å²) in [4.78, 5) is 0.000941. The van der Waals surface area contributed by atoms with Crippen molar-refractivity contribution >= 4 is 38.9 Å². The van der Waals surface area contributed by atoms with Gasteiger partial charge in [-0.2, -0.15) is 0 Å². The maximum Gasteiger partial charge on any atom is 0.261 e. The van der Waals surface area contributed by atoms with E-state index in [-0.39, 0.29) is 14.9 Å². The van der Waals surface area contributed by atoms with Crippen LogP contribution in [0, 0.1) is 6.92 Å². The number of rotatable bonds is 0. The number of hydrogen-bond donors (Lipinski definition) is 1. The van der Waals surface area contributed by atoms with Gasteiger partial charge >= 0.3 is 0 Å². The van der Waals surface area contributed by atoms with Gasteiger partial charge in [-0.25, -0.2) is 8.42 Å². The number of nitrogens with zero attached hydrogens (tertiary/aromatic N) is 1. The smallest absolute Gasteiger partial charge is 0.261 e. The quantitative estimate of drug-likeness (QED) is 0.799. The molecule has 1 aromatic carbocycles. The van der Waals surface area contributed by atoms with Gasteiger partial charge in [0.05, 0.1) is 15.7 Å². The molecular formula is C10H10Cl2N2O2S. The zero-order valence-corrected chi connectivity index (χ0v) is 11.5. The lowest BCUT2D eigenvalue weighted by Gasteiger charge is -2.29. The second-order valence-electron chi connectivity index (χ2n) is 3.76. The first-order chi connectivity index (χ1) is 7.76. The number of nitrogens with one attached hydrogen (secondary N) is 1. The van der Waals surface area contributed by atoms with E-state index >= 15 is 0 Å². The highest BCUT2D eigenvalue weighted by atomic mass is 35.5. The fourth-order valence-corrected chi connectivity index (χ4v) is 3.70. The van der Waals surface area contributed by atoms with Crippen molar-refractivity contribution in [2.45, 2.75) is 11.8 Å². The highest BCUT2D eigenvalue weighted by Crippen LogP contribution is 2.39. The molecule has 0 saturated carbocycles. The molecule has 4 nitrogen and oxygen atoms in total. The van der Waals surface area contributed by atoms with E-state index in [1.54, 1.807) is 13.0 Å². The van der Waals surface area contributed by atoms with Crippen LogP contribution in [0.25, 0.3) is 5.70 Å². The Balaban J connectivity index is 2.92. The van der Waals surface area contributed by atoms with Crippen molar-refractivity contribution in [2.24, 2.45) is 0 Å². The van der Waals surface area contributed by atoms with E-state index in [4.69, 9.17) is 23.2 Å². The zero-order chi connectivity index (χ0) is 13.0. The van der Waals surface area contributed by atoms with Gasteiger partial charge in [-0.15, -0.1) is 4.41 Å². The molecule has 0 spiro atoms. The van der Waals surface area contributed by atoms with E-state index in [1.165, 1.54) is 7.05 Å². The van der Waals surface area contributed by atoms with Gasteiger partial charge in [0, 0.05) is 12.6 Å². The molecule has 0 aromatic heterocycles. The molecule has 0 amide bonds. The second kappa shape index (κ2) is 3.88. The topological polar surface area (TPSA) is 49.4 Å². The molecule has 1 aliphatic rings. The van der Waals surface area contributed by atoms with Gasteiger partial charge in [0.1, 0.15) is 4.90 Å². The predicted molar refractivity (Wildman–Crippen MR) is 68.3 cm³/mol. The van der Waals surface area contributed by atoms with E-state index in [2.05, 4.69) is 12.0 Å². The van der Waals surface area contributed by atoms with Crippen LogP contribution in [0.2, 0.25) is 10.0 Å². The average molecular weight is 293 g/mol. The minimum atomic E-state index is -3.68. The van der Waals surface area contributed by atoms with E-state index in [0.29, 0.717) is 16.8 Å². The molecule has 92 valence electrons. The van der Waals surface area contributed by atoms with Crippen molar-refractivity contribution in [3.8, 4) is 0 Å². The summed E-state index contributed by atoms with van der Waals surface area (Å²) < 4.78 is 25.2. The Hall–Kier alpha value is -0.750. The highest BCUT2D eigenvalue weighted by Gasteiger charge is 2.34. The largest absolute Gasteiger partial charge is 0.305 e. The third kappa shape index (κ3) is 1.74. The lowest BCUT2D eigenvalue weighted by molar-refractivity contribution is 0.422. The molecule has 0 radical (unpaired) electrons. The van der Waals surface area contributed by atoms with Crippen LogP contribution < -0.4 is 5.43 Å². The van der Waals surface area contributed by atoms with Gasteiger partial charge in [0.2, 0.25) is 0 Å². The number of hydrazine groups is 1. The van der Waals surface area contributed by atoms with E-state index in [0.717, 1.165) is 4.41 Å². The Kier molecular flexibility index (Phi) is 2.90. The molecule has 0 aliphatic carbocycles. The summed E-state index contributed by atoms with van der Waals surface area (Å²) in [5.74, 6) is 0. The number of hydrogen-bond acceptors (Lipinski definition) is 3. The molecule has 0 bridgehead atoms. The Bertz CT molecular complexity index is 626. The van der Waals surface area contributed by atoms with Gasteiger partial charge < -0.3 is 5.43 Å². The SMILES string of the molecule is C=C1NN(C)S(=O)(=O)c2c1cc(C)c(Cl)c2Cl. The molecule has 0 unspecified atom stereocenters. The molecule has 1 N–H and O–H groups in total. The number of benzene rings is 1. The standard InChI is InChI=1S/C10H10Cl2N2O2S/c1-5-4-7-6(2)13-14(3)17(15,16)10(7)9(12)8(5)11/h4,13H,2H2,1,3H3. The summed E-state index contributed by atoms with van der Waals surface area (Å²) in [7, 11) is -2.30. The number of aryl methyl sites for hydroxylation is 1. The van der Waals surface area contributed by atoms with E-state index in [9.17, 15) is 8.42 Å². The minimum Gasteiger partial charge on any atom is -0.305 e. The summed E-state index contributed by atoms with van der Waals surface area (Å²) >= 11 is 12.0. The second-order valence-corrected chi connectivity index (χ2v) is 6.42. The van der Waals surface area contributed by atoms with Crippen molar-refractivity contribution in [1.82, 2.24) is 9.84 Å². The van der Waals surface area contributed by atoms with Crippen molar-refractivity contribution < 1.29 is 8.42 Å². The highest BCUT2D eigenvalue weighted by molar-refractivity contribution is 7.89. The third-order valence-electron chi connectivity index (χ3n) is 2.58. The molecule has 1 heterocycles. The summed E-state index contributed by atoms with van der Waals surface area (Å²) in [5.41, 5.74) is 4.28. The Labute approximate surface area is 110 Å². The first-order valence-electron chi connectivity index (χ1n) is 4.70. The van der Waals surface area contributed by atoms with Crippen LogP contribution in [0.4, 0.5) is 0 Å². The molecule has 17 heavy (non-hydrogen) atoms. The average Bonchev–Trinajstić information content (AvgIpc) is 2.22. The molecule has 0 saturated heterocycles. The molecule has 0 fully saturated rings. The van der Waals surface area contributed by atoms with Gasteiger partial charge in [0.25, 0.3) is 10.0 Å². The van der Waals surface area contributed by atoms with Crippen molar-refractivity contribution in [3.05, 3.63) is 33.8 Å². The maximum atomic E-state index is 12.1. The van der Waals surface area contributed by atoms with Crippen molar-refractivity contribution in [3.63, 3.8) is 0 Å². The monoisotopic (exact) mass is 292 g/mol. The predicted octanol–water partition coefficient (Wildman–Crippen LogP) is 2.41. The van der Waals surface area contributed by atoms with E-state index < -0.39 is 10.0 Å². The van der Waals surface area contributed by atoms with Crippen LogP contribution in [-0.4, -0.2) is 19.9 Å². The molecule has 7 heteroatoms. The van der Waals surface area contributed by atoms with Gasteiger partial charge in [-0.05, 0) is 18.6 Å². The number of sulfonamides is 1. The molecule has 2 rings (SSSR count). The van der Waals surface area contributed by atoms with Crippen LogP contribution in [0.5, 0.6) is 0 Å². The van der Waals surface area contributed by atoms with Gasteiger partial charge in [-0.3, -0.25) is 0 Å². The lowest BCUT2D eigenvalue weighted by atomic mass is 10.1. The third-order valence-corrected chi connectivity index (χ3v) is 5.41. The fourth-order valence-electron chi connectivity index (χ4n) is 1.66. The molecule has 1 aromatic rings. The molecule has 1 aliphatic heterocycles. The number of fused-ring (bicyclic) bond motifs is 1. The maximum absolute atomic E-state index is 12.1. The van der Waals surface area contributed by atoms with Crippen molar-refractivity contribution in [2.75, 3.05) is 7.05 Å². The van der Waals surface area contributed by atoms with Crippen LogP contribution >= 0.6 is 23.2 Å². The van der Waals surface area contributed by atoms with Gasteiger partial charge in [-0.1, -0.05) is 29.8 Å². The normalized spacial score (nSPS) is 18.7. The van der Waals surface area contributed by atoms with Crippen molar-refractivity contribution in [1.29, 1.82) is 0 Å². The Morgan fingerprint density at radius 2 is 1.94 bits per heavy atom. The summed E-state index contributed by atoms with van der Waals surface area (Å²) in [6.07, 6.45) is 0. The minimum absolute atomic E-state index is 0.000941. The van der Waals surface area contributed by atoms with Gasteiger partial charge in [0.15, 0.2) is 0 Å². The molecule has 0 atom stereocenters. The van der Waals surface area contributed by atoms with Crippen LogP contribution in [0.15, 0.2) is 17.5 Å². The van der Waals surface area contributed by atoms with Crippen LogP contribution in [-0.2, 0) is 10.0 Å². The van der Waals surface area contributed by atoms with Crippen LogP contribution in [0.1, 0.15) is 11.1 Å². The fraction of sp³-hybridized carbons (Fsp3) is 0.200. The van der Waals surface area contributed by atoms with E-state index in [1.807, 2.05) is 0 Å². The summed E-state index contributed by atoms with van der Waals surface area (Å²) in [6.45, 7) is 5.52. The Morgan fingerprint density at radius 3 is 2.53 bits per heavy atom. The first kappa shape index (κ1) is 12.7. The zero-order valence-electron chi connectivity index (χ0n) is 9.21. The summed E-state index contributed by atoms with van der Waals surface area (Å²) in [6, 6.07) is 1.66. The molecular weight excluding hydrogens is 283 g/mol. The van der Waals surface area contributed by atoms with Crippen LogP contribution in [0.3, 0.4) is 0 Å². The first-order valence-corrected chi connectivity index (χ1v) is 6.90. The summed E-state index contributed by atoms with van der Waals surface area (Å²) in [5, 5.41) is 0.285. The Morgan fingerprint density at radius 1 is 1.35 bits per heavy atom.